The molecule has 0 bridgehead atoms. The van der Waals surface area contributed by atoms with E-state index in [9.17, 15) is 9.18 Å². The van der Waals surface area contributed by atoms with Crippen LogP contribution in [0.4, 0.5) is 4.39 Å². The molecule has 0 amide bonds. The van der Waals surface area contributed by atoms with Crippen molar-refractivity contribution in [1.29, 1.82) is 0 Å². The van der Waals surface area contributed by atoms with E-state index in [1.54, 1.807) is 11.4 Å². The fourth-order valence-corrected chi connectivity index (χ4v) is 4.28. The topological polar surface area (TPSA) is 50.2 Å². The monoisotopic (exact) mass is 305 g/mol. The lowest BCUT2D eigenvalue weighted by atomic mass is 9.79. The maximum atomic E-state index is 14.3. The molecule has 21 heavy (non-hydrogen) atoms. The minimum Gasteiger partial charge on any atom is -0.481 e. The van der Waals surface area contributed by atoms with Crippen molar-refractivity contribution >= 4 is 17.3 Å². The number of carbonyl (C=O) groups is 1. The van der Waals surface area contributed by atoms with Crippen LogP contribution in [0.3, 0.4) is 0 Å². The van der Waals surface area contributed by atoms with Crippen molar-refractivity contribution in [3.8, 4) is 0 Å². The van der Waals surface area contributed by atoms with Crippen LogP contribution in [0, 0.1) is 5.82 Å². The first-order valence-electron chi connectivity index (χ1n) is 7.03. The van der Waals surface area contributed by atoms with Crippen LogP contribution in [-0.4, -0.2) is 16.1 Å². The molecule has 1 aliphatic carbocycles. The number of thiazole rings is 1. The van der Waals surface area contributed by atoms with E-state index in [4.69, 9.17) is 5.11 Å². The van der Waals surface area contributed by atoms with Gasteiger partial charge < -0.3 is 5.11 Å². The van der Waals surface area contributed by atoms with E-state index in [0.717, 1.165) is 30.7 Å². The van der Waals surface area contributed by atoms with E-state index < -0.39 is 5.97 Å². The first-order valence-corrected chi connectivity index (χ1v) is 7.91. The molecule has 1 saturated carbocycles. The van der Waals surface area contributed by atoms with Gasteiger partial charge in [0.15, 0.2) is 0 Å². The first-order chi connectivity index (χ1) is 10.1. The average Bonchev–Trinajstić information content (AvgIpc) is 3.08. The molecular weight excluding hydrogens is 289 g/mol. The van der Waals surface area contributed by atoms with Gasteiger partial charge in [-0.05, 0) is 18.9 Å². The molecule has 3 rings (SSSR count). The Bertz CT molecular complexity index is 662. The molecule has 0 spiro atoms. The molecule has 5 heteroatoms. The number of aromatic nitrogens is 1. The van der Waals surface area contributed by atoms with Crippen molar-refractivity contribution in [3.63, 3.8) is 0 Å². The molecule has 1 aromatic carbocycles. The second-order valence-electron chi connectivity index (χ2n) is 5.48. The zero-order chi connectivity index (χ0) is 14.9. The zero-order valence-corrected chi connectivity index (χ0v) is 12.3. The number of benzene rings is 1. The van der Waals surface area contributed by atoms with Gasteiger partial charge >= 0.3 is 5.97 Å². The van der Waals surface area contributed by atoms with Crippen molar-refractivity contribution < 1.29 is 14.3 Å². The highest BCUT2D eigenvalue weighted by Gasteiger charge is 2.41. The summed E-state index contributed by atoms with van der Waals surface area (Å²) in [7, 11) is 0. The second kappa shape index (κ2) is 5.56. The highest BCUT2D eigenvalue weighted by atomic mass is 32.1. The van der Waals surface area contributed by atoms with E-state index in [0.29, 0.717) is 11.3 Å². The summed E-state index contributed by atoms with van der Waals surface area (Å²) in [6.07, 6.45) is 3.75. The summed E-state index contributed by atoms with van der Waals surface area (Å²) in [5, 5.41) is 11.5. The van der Waals surface area contributed by atoms with Crippen LogP contribution in [0.2, 0.25) is 0 Å². The smallest absolute Gasteiger partial charge is 0.309 e. The number of nitrogens with zero attached hydrogens (tertiary/aromatic N) is 1. The summed E-state index contributed by atoms with van der Waals surface area (Å²) in [6, 6.07) is 6.86. The van der Waals surface area contributed by atoms with Gasteiger partial charge in [0.2, 0.25) is 0 Å². The molecule has 3 nitrogen and oxygen atoms in total. The summed E-state index contributed by atoms with van der Waals surface area (Å²) in [4.78, 5) is 15.3. The predicted octanol–water partition coefficient (Wildman–Crippen LogP) is 3.77. The molecule has 110 valence electrons. The number of carboxylic acid groups (broad SMARTS) is 1. The van der Waals surface area contributed by atoms with Gasteiger partial charge in [0.05, 0.1) is 17.5 Å². The van der Waals surface area contributed by atoms with Crippen LogP contribution >= 0.6 is 11.3 Å². The summed E-state index contributed by atoms with van der Waals surface area (Å²) in [5.41, 5.74) is 0.871. The minimum absolute atomic E-state index is 0.0795. The fraction of sp³-hybridized carbons (Fsp3) is 0.375. The highest BCUT2D eigenvalue weighted by molar-refractivity contribution is 7.09. The average molecular weight is 305 g/mol. The van der Waals surface area contributed by atoms with Crippen LogP contribution in [0.1, 0.15) is 41.9 Å². The molecule has 1 fully saturated rings. The Morgan fingerprint density at radius 3 is 2.71 bits per heavy atom. The van der Waals surface area contributed by atoms with Crippen LogP contribution in [0.5, 0.6) is 0 Å². The summed E-state index contributed by atoms with van der Waals surface area (Å²) in [6.45, 7) is 0. The van der Waals surface area contributed by atoms with Crippen molar-refractivity contribution in [3.05, 3.63) is 51.7 Å². The van der Waals surface area contributed by atoms with Gasteiger partial charge in [0.1, 0.15) is 10.8 Å². The number of rotatable bonds is 4. The molecule has 1 aromatic heterocycles. The lowest BCUT2D eigenvalue weighted by Crippen LogP contribution is -2.25. The van der Waals surface area contributed by atoms with Crippen LogP contribution in [-0.2, 0) is 16.6 Å². The molecule has 1 heterocycles. The number of aliphatic carboxylic acids is 1. The Kier molecular flexibility index (Phi) is 3.76. The largest absolute Gasteiger partial charge is 0.481 e. The van der Waals surface area contributed by atoms with Crippen molar-refractivity contribution in [2.45, 2.75) is 37.5 Å². The van der Waals surface area contributed by atoms with E-state index in [2.05, 4.69) is 4.98 Å². The maximum Gasteiger partial charge on any atom is 0.309 e. The molecule has 0 aliphatic heterocycles. The van der Waals surface area contributed by atoms with Gasteiger partial charge in [0.25, 0.3) is 0 Å². The summed E-state index contributed by atoms with van der Waals surface area (Å²) in [5.74, 6) is -1.09. The van der Waals surface area contributed by atoms with E-state index in [1.807, 2.05) is 12.1 Å². The Labute approximate surface area is 126 Å². The Hall–Kier alpha value is -1.75. The molecule has 0 saturated heterocycles. The number of hydrogen-bond acceptors (Lipinski definition) is 3. The third-order valence-electron chi connectivity index (χ3n) is 4.14. The summed E-state index contributed by atoms with van der Waals surface area (Å²) < 4.78 is 14.3. The SMILES string of the molecule is O=C(O)Cc1csc(C2(c3ccccc3F)CCCC2)n1. The Morgan fingerprint density at radius 2 is 2.05 bits per heavy atom. The molecule has 0 unspecified atom stereocenters. The molecule has 1 N–H and O–H groups in total. The van der Waals surface area contributed by atoms with Gasteiger partial charge in [-0.2, -0.15) is 0 Å². The molecule has 1 aliphatic rings. The lowest BCUT2D eigenvalue weighted by Gasteiger charge is -2.27. The van der Waals surface area contributed by atoms with E-state index in [-0.39, 0.29) is 17.7 Å². The molecule has 0 radical (unpaired) electrons. The van der Waals surface area contributed by atoms with Gasteiger partial charge in [-0.1, -0.05) is 31.0 Å². The van der Waals surface area contributed by atoms with Gasteiger partial charge in [-0.15, -0.1) is 11.3 Å². The van der Waals surface area contributed by atoms with Crippen molar-refractivity contribution in [2.24, 2.45) is 0 Å². The Morgan fingerprint density at radius 1 is 1.33 bits per heavy atom. The zero-order valence-electron chi connectivity index (χ0n) is 11.5. The Balaban J connectivity index is 2.04. The van der Waals surface area contributed by atoms with E-state index in [1.165, 1.54) is 17.4 Å². The van der Waals surface area contributed by atoms with Gasteiger partial charge in [-0.3, -0.25) is 4.79 Å². The van der Waals surface area contributed by atoms with Crippen molar-refractivity contribution in [2.75, 3.05) is 0 Å². The summed E-state index contributed by atoms with van der Waals surface area (Å²) >= 11 is 1.45. The standard InChI is InChI=1S/C16H16FNO2S/c17-13-6-2-1-5-12(13)16(7-3-4-8-16)15-18-11(10-21-15)9-14(19)20/h1-2,5-6,10H,3-4,7-9H2,(H,19,20). The third-order valence-corrected chi connectivity index (χ3v) is 5.24. The van der Waals surface area contributed by atoms with Crippen LogP contribution in [0.25, 0.3) is 0 Å². The number of carboxylic acids is 1. The normalized spacial score (nSPS) is 17.0. The van der Waals surface area contributed by atoms with Crippen molar-refractivity contribution in [1.82, 2.24) is 4.98 Å². The van der Waals surface area contributed by atoms with Crippen LogP contribution in [0.15, 0.2) is 29.6 Å². The quantitative estimate of drug-likeness (QED) is 0.935. The third kappa shape index (κ3) is 2.58. The van der Waals surface area contributed by atoms with Gasteiger partial charge in [-0.25, -0.2) is 9.37 Å². The fourth-order valence-electron chi connectivity index (χ4n) is 3.19. The molecular formula is C16H16FNO2S. The van der Waals surface area contributed by atoms with Gasteiger partial charge in [0, 0.05) is 10.9 Å². The van der Waals surface area contributed by atoms with Crippen LogP contribution < -0.4 is 0 Å². The minimum atomic E-state index is -0.891. The maximum absolute atomic E-state index is 14.3. The number of halogens is 1. The lowest BCUT2D eigenvalue weighted by molar-refractivity contribution is -0.136. The second-order valence-corrected chi connectivity index (χ2v) is 6.34. The molecule has 2 aromatic rings. The van der Waals surface area contributed by atoms with E-state index >= 15 is 0 Å². The number of hydrogen-bond donors (Lipinski definition) is 1. The molecule has 0 atom stereocenters. The highest BCUT2D eigenvalue weighted by Crippen LogP contribution is 2.48. The predicted molar refractivity (Wildman–Crippen MR) is 79.1 cm³/mol. The first kappa shape index (κ1) is 14.2.